The van der Waals surface area contributed by atoms with Gasteiger partial charge in [0.1, 0.15) is 13.2 Å². The van der Waals surface area contributed by atoms with E-state index in [9.17, 15) is 9.46 Å². The van der Waals surface area contributed by atoms with Gasteiger partial charge in [0, 0.05) is 3.57 Å². The first-order valence-corrected chi connectivity index (χ1v) is 16.3. The van der Waals surface area contributed by atoms with Gasteiger partial charge in [0.15, 0.2) is 0 Å². The topological polar surface area (TPSA) is 55.8 Å². The van der Waals surface area contributed by atoms with Crippen molar-refractivity contribution in [2.24, 2.45) is 0 Å². The van der Waals surface area contributed by atoms with Gasteiger partial charge in [-0.1, -0.05) is 102 Å². The summed E-state index contributed by atoms with van der Waals surface area (Å²) in [6, 6.07) is 8.83. The number of nitrogens with zero attached hydrogens (tertiary/aromatic N) is 1. The molecule has 0 radical (unpaired) electrons. The van der Waals surface area contributed by atoms with E-state index in [0.29, 0.717) is 6.42 Å². The third-order valence-electron chi connectivity index (χ3n) is 6.21. The Morgan fingerprint density at radius 3 is 1.61 bits per heavy atom. The molecule has 0 fully saturated rings. The monoisotopic (exact) mass is 647 g/mol. The van der Waals surface area contributed by atoms with Gasteiger partial charge >= 0.3 is 7.82 Å². The fourth-order valence-electron chi connectivity index (χ4n) is 4.07. The molecule has 1 unspecified atom stereocenters. The first kappa shape index (κ1) is 21.8. The normalized spacial score (nSPS) is 18.4. The lowest BCUT2D eigenvalue weighted by atomic mass is 10.0. The molecule has 0 heterocycles. The van der Waals surface area contributed by atoms with Crippen LogP contribution in [-0.4, -0.2) is 50.1 Å². The van der Waals surface area contributed by atoms with Crippen molar-refractivity contribution in [3.63, 3.8) is 0 Å². The van der Waals surface area contributed by atoms with Crippen molar-refractivity contribution in [1.82, 2.24) is 0 Å². The molecule has 1 aromatic rings. The van der Waals surface area contributed by atoms with Crippen LogP contribution in [0, 0.1) is 3.57 Å². The summed E-state index contributed by atoms with van der Waals surface area (Å²) < 4.78 is 88.9. The number of hydrogen-bond acceptors (Lipinski definition) is 3. The largest absolute Gasteiger partial charge is 0.472 e. The molecule has 0 spiro atoms. The number of likely N-dealkylation sites (N-methyl/N-ethyl adjacent to an activating group) is 1. The Labute approximate surface area is 248 Å². The molecule has 0 aromatic heterocycles. The lowest BCUT2D eigenvalue weighted by Gasteiger charge is -2.24. The molecule has 5 nitrogen and oxygen atoms in total. The highest BCUT2D eigenvalue weighted by Crippen LogP contribution is 2.43. The van der Waals surface area contributed by atoms with Crippen molar-refractivity contribution in [2.45, 2.75) is 109 Å². The first-order valence-electron chi connectivity index (χ1n) is 18.2. The van der Waals surface area contributed by atoms with Gasteiger partial charge in [0.05, 0.1) is 39.9 Å². The van der Waals surface area contributed by atoms with E-state index in [1.54, 1.807) is 0 Å². The van der Waals surface area contributed by atoms with Gasteiger partial charge in [0.2, 0.25) is 0 Å². The van der Waals surface area contributed by atoms with E-state index in [-0.39, 0.29) is 6.61 Å². The zero-order valence-electron chi connectivity index (χ0n) is 30.9. The molecular weight excluding hydrogens is 584 g/mol. The number of phosphoric acid groups is 1. The van der Waals surface area contributed by atoms with E-state index < -0.39 is 46.4 Å². The molecule has 0 saturated carbocycles. The zero-order valence-corrected chi connectivity index (χ0v) is 24.9. The van der Waals surface area contributed by atoms with E-state index in [4.69, 9.17) is 21.4 Å². The van der Waals surface area contributed by atoms with Gasteiger partial charge in [-0.15, -0.1) is 0 Å². The van der Waals surface area contributed by atoms with Gasteiger partial charge in [-0.2, -0.15) is 0 Å². The number of rotatable bonds is 24. The average Bonchev–Trinajstić information content (AvgIpc) is 2.91. The predicted octanol–water partition coefficient (Wildman–Crippen LogP) is 8.92. The third kappa shape index (κ3) is 22.0. The van der Waals surface area contributed by atoms with Gasteiger partial charge in [-0.05, 0) is 59.5 Å². The van der Waals surface area contributed by atoms with Crippen molar-refractivity contribution < 1.29 is 35.3 Å². The Hall–Kier alpha value is 0.0200. The van der Waals surface area contributed by atoms with Crippen LogP contribution in [0.15, 0.2) is 24.3 Å². The van der Waals surface area contributed by atoms with Crippen LogP contribution in [0.2, 0.25) is 0 Å². The van der Waals surface area contributed by atoms with E-state index >= 15 is 0 Å². The lowest BCUT2D eigenvalue weighted by Crippen LogP contribution is -2.37. The van der Waals surface area contributed by atoms with Crippen LogP contribution in [-0.2, 0) is 20.0 Å². The summed E-state index contributed by atoms with van der Waals surface area (Å²) in [6.45, 7) is -12.3. The smallest absolute Gasteiger partial charge is 0.329 e. The number of halogens is 1. The summed E-state index contributed by atoms with van der Waals surface area (Å²) in [4.78, 5) is 9.88. The summed E-state index contributed by atoms with van der Waals surface area (Å²) in [7, 11) is -4.60. The molecule has 36 heavy (non-hydrogen) atoms. The SMILES string of the molecule is [2H]C([2H])([2H])[N+](CCOP(=O)(O)OCCCCCCCCCCCCCCCCCCc1ccc(I)cc1)(C([2H])([2H])[2H])C([2H])([2H])[2H]. The number of quaternary nitrogens is 1. The predicted molar refractivity (Wildman–Crippen MR) is 161 cm³/mol. The van der Waals surface area contributed by atoms with Crippen LogP contribution in [0.5, 0.6) is 0 Å². The summed E-state index contributed by atoms with van der Waals surface area (Å²) in [6.07, 6.45) is 20.0. The Morgan fingerprint density at radius 2 is 1.14 bits per heavy atom. The minimum Gasteiger partial charge on any atom is -0.329 e. The molecule has 0 saturated heterocycles. The number of benzene rings is 1. The average molecular weight is 648 g/mol. The summed E-state index contributed by atoms with van der Waals surface area (Å²) in [5.41, 5.74) is 1.44. The second kappa shape index (κ2) is 20.9. The van der Waals surface area contributed by atoms with E-state index in [1.165, 1.54) is 86.2 Å². The highest BCUT2D eigenvalue weighted by Gasteiger charge is 2.21. The summed E-state index contributed by atoms with van der Waals surface area (Å²) in [5.74, 6) is 0. The van der Waals surface area contributed by atoms with Gasteiger partial charge in [-0.25, -0.2) is 4.57 Å². The van der Waals surface area contributed by atoms with Gasteiger partial charge in [0.25, 0.3) is 0 Å². The molecule has 1 aromatic carbocycles. The molecule has 7 heteroatoms. The zero-order chi connectivity index (χ0) is 34.0. The fourth-order valence-corrected chi connectivity index (χ4v) is 5.17. The molecule has 1 atom stereocenters. The molecule has 0 amide bonds. The van der Waals surface area contributed by atoms with Gasteiger partial charge in [-0.3, -0.25) is 9.05 Å². The summed E-state index contributed by atoms with van der Waals surface area (Å²) in [5, 5.41) is 0. The quantitative estimate of drug-likeness (QED) is 0.0527. The molecule has 0 aliphatic carbocycles. The van der Waals surface area contributed by atoms with Crippen LogP contribution in [0.4, 0.5) is 0 Å². The van der Waals surface area contributed by atoms with Crippen LogP contribution in [0.3, 0.4) is 0 Å². The molecule has 0 aliphatic rings. The van der Waals surface area contributed by atoms with Crippen molar-refractivity contribution in [1.29, 1.82) is 0 Å². The van der Waals surface area contributed by atoms with E-state index in [1.807, 2.05) is 0 Å². The lowest BCUT2D eigenvalue weighted by molar-refractivity contribution is -0.870. The van der Waals surface area contributed by atoms with Crippen LogP contribution < -0.4 is 0 Å². The Morgan fingerprint density at radius 1 is 0.722 bits per heavy atom. The molecule has 0 bridgehead atoms. The van der Waals surface area contributed by atoms with Crippen molar-refractivity contribution in [3.05, 3.63) is 33.4 Å². The van der Waals surface area contributed by atoms with Crippen molar-refractivity contribution >= 4 is 30.4 Å². The molecule has 1 rings (SSSR count). The van der Waals surface area contributed by atoms with Crippen LogP contribution in [0.1, 0.15) is 121 Å². The highest BCUT2D eigenvalue weighted by molar-refractivity contribution is 14.1. The second-order valence-electron chi connectivity index (χ2n) is 9.70. The number of unbranched alkanes of at least 4 members (excludes halogenated alkanes) is 15. The maximum Gasteiger partial charge on any atom is 0.472 e. The maximum atomic E-state index is 12.2. The van der Waals surface area contributed by atoms with Crippen molar-refractivity contribution in [3.8, 4) is 0 Å². The van der Waals surface area contributed by atoms with E-state index in [2.05, 4.69) is 46.9 Å². The number of hydrogen-bond donors (Lipinski definition) is 1. The minimum absolute atomic E-state index is 0.0568. The van der Waals surface area contributed by atoms with Crippen molar-refractivity contribution in [2.75, 3.05) is 40.7 Å². The Kier molecular flexibility index (Phi) is 12.7. The second-order valence-corrected chi connectivity index (χ2v) is 12.4. The standard InChI is InChI=1S/C29H53INO4P/c1-31(2,3)25-27-35-36(32,33)34-26-19-17-15-13-11-9-7-5-4-6-8-10-12-14-16-18-20-28-21-23-29(30)24-22-28/h21-24H,4-20,25-27H2,1-3H3/p+1/i1D3,2D3,3D3. The fraction of sp³-hybridized carbons (Fsp3) is 0.793. The minimum atomic E-state index is -4.60. The Bertz CT molecular complexity index is 940. The van der Waals surface area contributed by atoms with Gasteiger partial charge < -0.3 is 9.38 Å². The van der Waals surface area contributed by atoms with Crippen LogP contribution >= 0.6 is 30.4 Å². The highest BCUT2D eigenvalue weighted by atomic mass is 127. The number of phosphoric ester groups is 1. The molecule has 0 aliphatic heterocycles. The third-order valence-corrected chi connectivity index (χ3v) is 7.95. The first-order chi connectivity index (χ1) is 20.9. The molecule has 1 N–H and O–H groups in total. The molecular formula is C29H54INO4P+. The van der Waals surface area contributed by atoms with Crippen LogP contribution in [0.25, 0.3) is 0 Å². The molecule has 210 valence electrons. The Balaban J connectivity index is 2.01. The summed E-state index contributed by atoms with van der Waals surface area (Å²) >= 11 is 2.34. The maximum absolute atomic E-state index is 12.2. The number of aryl methyl sites for hydroxylation is 1. The van der Waals surface area contributed by atoms with E-state index in [0.717, 1.165) is 25.7 Å².